The maximum atomic E-state index is 11.7. The van der Waals surface area contributed by atoms with Gasteiger partial charge in [-0.3, -0.25) is 0 Å². The van der Waals surface area contributed by atoms with E-state index in [-0.39, 0.29) is 19.1 Å². The zero-order valence-corrected chi connectivity index (χ0v) is 11.6. The largest absolute Gasteiger partial charge is 0.480 e. The summed E-state index contributed by atoms with van der Waals surface area (Å²) >= 11 is 0. The number of hydrogen-bond donors (Lipinski definition) is 4. The van der Waals surface area contributed by atoms with Crippen LogP contribution < -0.4 is 10.6 Å². The number of aliphatic hydroxyl groups is 1. The molecule has 19 heavy (non-hydrogen) atoms. The fraction of sp³-hybridized carbons (Fsp3) is 0.846. The number of urea groups is 1. The highest BCUT2D eigenvalue weighted by Crippen LogP contribution is 2.34. The molecule has 0 heterocycles. The van der Waals surface area contributed by atoms with E-state index < -0.39 is 18.0 Å². The second-order valence-electron chi connectivity index (χ2n) is 5.96. The van der Waals surface area contributed by atoms with Crippen LogP contribution in [0.5, 0.6) is 0 Å². The van der Waals surface area contributed by atoms with Crippen molar-refractivity contribution < 1.29 is 19.8 Å². The van der Waals surface area contributed by atoms with Crippen molar-refractivity contribution in [3.8, 4) is 0 Å². The summed E-state index contributed by atoms with van der Waals surface area (Å²) in [5.41, 5.74) is 0.329. The molecule has 1 saturated carbocycles. The number of carbonyl (C=O) groups is 2. The summed E-state index contributed by atoms with van der Waals surface area (Å²) in [6.07, 6.45) is 3.95. The molecule has 0 aromatic heterocycles. The second kappa shape index (κ2) is 6.75. The molecule has 0 spiro atoms. The van der Waals surface area contributed by atoms with E-state index in [0.717, 1.165) is 25.7 Å². The average molecular weight is 272 g/mol. The van der Waals surface area contributed by atoms with Crippen LogP contribution in [0.15, 0.2) is 0 Å². The monoisotopic (exact) mass is 272 g/mol. The van der Waals surface area contributed by atoms with Crippen molar-refractivity contribution in [2.45, 2.75) is 58.0 Å². The lowest BCUT2D eigenvalue weighted by Crippen LogP contribution is -2.50. The highest BCUT2D eigenvalue weighted by Gasteiger charge is 2.28. The van der Waals surface area contributed by atoms with E-state index >= 15 is 0 Å². The lowest BCUT2D eigenvalue weighted by atomic mass is 9.76. The third-order valence-corrected chi connectivity index (χ3v) is 3.70. The Kier molecular flexibility index (Phi) is 5.60. The quantitative estimate of drug-likeness (QED) is 0.602. The van der Waals surface area contributed by atoms with Gasteiger partial charge in [-0.25, -0.2) is 9.59 Å². The van der Waals surface area contributed by atoms with Crippen LogP contribution in [0.25, 0.3) is 0 Å². The Morgan fingerprint density at radius 1 is 1.32 bits per heavy atom. The van der Waals surface area contributed by atoms with E-state index in [1.165, 1.54) is 0 Å². The number of nitrogens with one attached hydrogen (secondary N) is 2. The summed E-state index contributed by atoms with van der Waals surface area (Å²) in [7, 11) is 0. The first-order valence-electron chi connectivity index (χ1n) is 6.75. The van der Waals surface area contributed by atoms with Gasteiger partial charge in [0.1, 0.15) is 6.04 Å². The van der Waals surface area contributed by atoms with Crippen LogP contribution in [-0.4, -0.2) is 40.9 Å². The van der Waals surface area contributed by atoms with E-state index in [2.05, 4.69) is 24.5 Å². The van der Waals surface area contributed by atoms with Crippen molar-refractivity contribution in [3.05, 3.63) is 0 Å². The molecule has 6 heteroatoms. The summed E-state index contributed by atoms with van der Waals surface area (Å²) in [6.45, 7) is 4.16. The molecule has 6 nitrogen and oxygen atoms in total. The molecule has 1 aliphatic rings. The van der Waals surface area contributed by atoms with Crippen LogP contribution >= 0.6 is 0 Å². The van der Waals surface area contributed by atoms with E-state index in [4.69, 9.17) is 10.2 Å². The molecule has 0 saturated heterocycles. The fourth-order valence-corrected chi connectivity index (χ4v) is 2.32. The number of carboxylic acid groups (broad SMARTS) is 1. The zero-order chi connectivity index (χ0) is 14.5. The van der Waals surface area contributed by atoms with Crippen molar-refractivity contribution in [2.75, 3.05) is 6.61 Å². The highest BCUT2D eigenvalue weighted by molar-refractivity contribution is 5.82. The molecule has 0 bridgehead atoms. The van der Waals surface area contributed by atoms with Gasteiger partial charge < -0.3 is 20.8 Å². The third kappa shape index (κ3) is 5.46. The lowest BCUT2D eigenvalue weighted by molar-refractivity contribution is -0.139. The average Bonchev–Trinajstić information content (AvgIpc) is 2.31. The van der Waals surface area contributed by atoms with Gasteiger partial charge in [-0.15, -0.1) is 0 Å². The molecule has 0 unspecified atom stereocenters. The number of aliphatic hydroxyl groups excluding tert-OH is 1. The number of carbonyl (C=O) groups excluding carboxylic acids is 1. The molecule has 0 aliphatic heterocycles. The van der Waals surface area contributed by atoms with Crippen LogP contribution in [-0.2, 0) is 4.79 Å². The number of hydrogen-bond acceptors (Lipinski definition) is 3. The van der Waals surface area contributed by atoms with Crippen LogP contribution in [0.2, 0.25) is 0 Å². The van der Waals surface area contributed by atoms with E-state index in [0.29, 0.717) is 5.41 Å². The number of rotatable bonds is 5. The molecule has 1 atom stereocenters. The maximum Gasteiger partial charge on any atom is 0.326 e. The molecule has 0 radical (unpaired) electrons. The van der Waals surface area contributed by atoms with Crippen molar-refractivity contribution in [2.24, 2.45) is 5.41 Å². The minimum Gasteiger partial charge on any atom is -0.480 e. The van der Waals surface area contributed by atoms with E-state index in [1.807, 2.05) is 0 Å². The number of carboxylic acids is 1. The lowest BCUT2D eigenvalue weighted by Gasteiger charge is -2.34. The molecule has 1 rings (SSSR count). The molecule has 4 N–H and O–H groups in total. The van der Waals surface area contributed by atoms with Crippen LogP contribution in [0.4, 0.5) is 4.79 Å². The van der Waals surface area contributed by atoms with Gasteiger partial charge in [-0.2, -0.15) is 0 Å². The first kappa shape index (κ1) is 15.8. The van der Waals surface area contributed by atoms with Gasteiger partial charge in [0.25, 0.3) is 0 Å². The highest BCUT2D eigenvalue weighted by atomic mass is 16.4. The van der Waals surface area contributed by atoms with Gasteiger partial charge in [0, 0.05) is 19.1 Å². The third-order valence-electron chi connectivity index (χ3n) is 3.70. The van der Waals surface area contributed by atoms with Crippen LogP contribution in [0, 0.1) is 5.41 Å². The van der Waals surface area contributed by atoms with Gasteiger partial charge in [0.15, 0.2) is 0 Å². The Labute approximate surface area is 113 Å². The summed E-state index contributed by atoms with van der Waals surface area (Å²) in [6, 6.07) is -1.40. The smallest absolute Gasteiger partial charge is 0.326 e. The van der Waals surface area contributed by atoms with Crippen LogP contribution in [0.3, 0.4) is 0 Å². The number of aliphatic carboxylic acids is 1. The molecule has 1 fully saturated rings. The van der Waals surface area contributed by atoms with Crippen molar-refractivity contribution in [1.82, 2.24) is 10.6 Å². The minimum absolute atomic E-state index is 0.0143. The predicted octanol–water partition coefficient (Wildman–Crippen LogP) is 1.09. The maximum absolute atomic E-state index is 11.7. The first-order chi connectivity index (χ1) is 8.84. The molecular formula is C13H24N2O4. The fourth-order valence-electron chi connectivity index (χ4n) is 2.32. The second-order valence-corrected chi connectivity index (χ2v) is 5.96. The SMILES string of the molecule is CC1(C)CCC(NC(=O)N[C@@H](CCO)C(=O)O)CC1. The van der Waals surface area contributed by atoms with Gasteiger partial charge in [0.2, 0.25) is 0 Å². The van der Waals surface area contributed by atoms with Gasteiger partial charge in [0.05, 0.1) is 0 Å². The van der Waals surface area contributed by atoms with Crippen molar-refractivity contribution in [3.63, 3.8) is 0 Å². The van der Waals surface area contributed by atoms with Crippen LogP contribution in [0.1, 0.15) is 46.0 Å². The normalized spacial score (nSPS) is 20.6. The number of amides is 2. The van der Waals surface area contributed by atoms with Gasteiger partial charge >= 0.3 is 12.0 Å². The van der Waals surface area contributed by atoms with Gasteiger partial charge in [-0.05, 0) is 31.1 Å². The molecule has 2 amide bonds. The molecule has 1 aliphatic carbocycles. The topological polar surface area (TPSA) is 98.7 Å². The van der Waals surface area contributed by atoms with Crippen molar-refractivity contribution in [1.29, 1.82) is 0 Å². The van der Waals surface area contributed by atoms with E-state index in [1.54, 1.807) is 0 Å². The Morgan fingerprint density at radius 3 is 2.37 bits per heavy atom. The predicted molar refractivity (Wildman–Crippen MR) is 70.8 cm³/mol. The first-order valence-corrected chi connectivity index (χ1v) is 6.75. The minimum atomic E-state index is -1.13. The van der Waals surface area contributed by atoms with E-state index in [9.17, 15) is 9.59 Å². The van der Waals surface area contributed by atoms with Gasteiger partial charge in [-0.1, -0.05) is 13.8 Å². The molecular weight excluding hydrogens is 248 g/mol. The Balaban J connectivity index is 2.37. The zero-order valence-electron chi connectivity index (χ0n) is 11.6. The summed E-state index contributed by atoms with van der Waals surface area (Å²) < 4.78 is 0. The molecule has 0 aromatic rings. The summed E-state index contributed by atoms with van der Waals surface area (Å²) in [4.78, 5) is 22.5. The molecule has 0 aromatic carbocycles. The molecule has 110 valence electrons. The Morgan fingerprint density at radius 2 is 1.89 bits per heavy atom. The summed E-state index contributed by atoms with van der Waals surface area (Å²) in [5, 5.41) is 22.8. The standard InChI is InChI=1S/C13H24N2O4/c1-13(2)6-3-9(4-7-13)14-12(19)15-10(5-8-16)11(17)18/h9-10,16H,3-8H2,1-2H3,(H,17,18)(H2,14,15,19)/t10-/m0/s1. The summed E-state index contributed by atoms with van der Waals surface area (Å²) in [5.74, 6) is -1.13. The van der Waals surface area contributed by atoms with Crippen molar-refractivity contribution >= 4 is 12.0 Å². The Hall–Kier alpha value is -1.30. The Bertz CT molecular complexity index is 321.